The first-order valence-corrected chi connectivity index (χ1v) is 13.7. The third-order valence-electron chi connectivity index (χ3n) is 7.51. The third-order valence-corrected chi connectivity index (χ3v) is 7.51. The number of hydrogen-bond acceptors (Lipinski definition) is 2. The number of imidazole rings is 1. The van der Waals surface area contributed by atoms with Gasteiger partial charge in [0.2, 0.25) is 0 Å². The van der Waals surface area contributed by atoms with Gasteiger partial charge in [-0.25, -0.2) is 4.57 Å². The molecule has 0 amide bonds. The quantitative estimate of drug-likeness (QED) is 0.181. The summed E-state index contributed by atoms with van der Waals surface area (Å²) in [6.07, 6.45) is 7.89. The maximum Gasteiger partial charge on any atom is 0.295 e. The predicted octanol–water partition coefficient (Wildman–Crippen LogP) is 7.02. The first-order valence-electron chi connectivity index (χ1n) is 13.7. The van der Waals surface area contributed by atoms with E-state index in [2.05, 4.69) is 122 Å². The maximum absolute atomic E-state index is 4.40. The van der Waals surface area contributed by atoms with E-state index in [1.807, 2.05) is 0 Å². The molecule has 0 N–H and O–H groups in total. The molecule has 192 valence electrons. The zero-order valence-corrected chi connectivity index (χ0v) is 23.2. The fourth-order valence-electron chi connectivity index (χ4n) is 6.08. The van der Waals surface area contributed by atoms with Crippen LogP contribution in [-0.4, -0.2) is 19.4 Å². The van der Waals surface area contributed by atoms with E-state index < -0.39 is 0 Å². The Morgan fingerprint density at radius 3 is 2.13 bits per heavy atom. The summed E-state index contributed by atoms with van der Waals surface area (Å²) < 4.78 is 4.81. The molecule has 0 bridgehead atoms. The Bertz CT molecular complexity index is 1760. The molecule has 0 aliphatic carbocycles. The molecule has 0 fully saturated rings. The van der Waals surface area contributed by atoms with Crippen LogP contribution in [0.15, 0.2) is 73.2 Å². The molecule has 0 saturated carbocycles. The molecule has 0 saturated heterocycles. The molecule has 6 aromatic rings. The van der Waals surface area contributed by atoms with Crippen molar-refractivity contribution in [3.05, 3.63) is 89.9 Å². The minimum absolute atomic E-state index is 0.576. The zero-order valence-electron chi connectivity index (χ0n) is 23.2. The van der Waals surface area contributed by atoms with E-state index in [9.17, 15) is 0 Å². The first-order chi connectivity index (χ1) is 18.3. The third kappa shape index (κ3) is 3.97. The first kappa shape index (κ1) is 24.4. The molecule has 0 spiro atoms. The van der Waals surface area contributed by atoms with Crippen LogP contribution >= 0.6 is 0 Å². The molecule has 38 heavy (non-hydrogen) atoms. The van der Waals surface area contributed by atoms with Gasteiger partial charge in [0.05, 0.1) is 30.5 Å². The van der Waals surface area contributed by atoms with Gasteiger partial charge < -0.3 is 0 Å². The van der Waals surface area contributed by atoms with Gasteiger partial charge in [-0.3, -0.25) is 0 Å². The van der Waals surface area contributed by atoms with E-state index in [1.165, 1.54) is 55.3 Å². The lowest BCUT2D eigenvalue weighted by Gasteiger charge is -2.16. The average molecular weight is 503 g/mol. The number of hydrogen-bond donors (Lipinski definition) is 0. The van der Waals surface area contributed by atoms with Crippen LogP contribution in [0.3, 0.4) is 0 Å². The Morgan fingerprint density at radius 2 is 1.47 bits per heavy atom. The molecule has 3 heterocycles. The maximum atomic E-state index is 4.40. The molecule has 3 aromatic carbocycles. The van der Waals surface area contributed by atoms with Crippen molar-refractivity contribution in [3.63, 3.8) is 0 Å². The summed E-state index contributed by atoms with van der Waals surface area (Å²) in [5, 5.41) is 12.5. The van der Waals surface area contributed by atoms with Gasteiger partial charge in [0.25, 0.3) is 5.65 Å². The standard InChI is InChI=1S/C33H36N5/c1-21(2)17-24-10-8-11-25(18-22(3)4)32(24)30-20-36(6)33-31-23(5)9-7-12-27(31)28-19-26(38-34-15-16-35-38)13-14-29(28)37(30)33/h7-16,19-22H,17-18H2,1-6H3/q+1. The van der Waals surface area contributed by atoms with Crippen molar-refractivity contribution in [1.82, 2.24) is 19.4 Å². The monoisotopic (exact) mass is 502 g/mol. The average Bonchev–Trinajstić information content (AvgIpc) is 3.52. The lowest BCUT2D eigenvalue weighted by atomic mass is 9.89. The van der Waals surface area contributed by atoms with Gasteiger partial charge >= 0.3 is 0 Å². The molecule has 6 rings (SSSR count). The summed E-state index contributed by atoms with van der Waals surface area (Å²) in [5.74, 6) is 1.15. The number of nitrogens with zero attached hydrogens (tertiary/aromatic N) is 5. The van der Waals surface area contributed by atoms with Gasteiger partial charge in [-0.2, -0.15) is 19.4 Å². The molecule has 0 unspecified atom stereocenters. The molecule has 5 heteroatoms. The Kier molecular flexibility index (Phi) is 6.02. The molecule has 0 atom stereocenters. The Balaban J connectivity index is 1.78. The van der Waals surface area contributed by atoms with Crippen LogP contribution in [-0.2, 0) is 19.9 Å². The van der Waals surface area contributed by atoms with Gasteiger partial charge in [0.15, 0.2) is 5.69 Å². The molecular weight excluding hydrogens is 466 g/mol. The number of benzene rings is 3. The zero-order chi connectivity index (χ0) is 26.6. The van der Waals surface area contributed by atoms with Crippen molar-refractivity contribution in [3.8, 4) is 16.9 Å². The van der Waals surface area contributed by atoms with Crippen molar-refractivity contribution in [2.75, 3.05) is 0 Å². The topological polar surface area (TPSA) is 39.0 Å². The van der Waals surface area contributed by atoms with Crippen LogP contribution < -0.4 is 4.57 Å². The summed E-state index contributed by atoms with van der Waals surface area (Å²) in [5.41, 5.74) is 10.1. The molecular formula is C33H36N5+. The lowest BCUT2D eigenvalue weighted by molar-refractivity contribution is -0.643. The second-order valence-corrected chi connectivity index (χ2v) is 11.4. The van der Waals surface area contributed by atoms with Crippen LogP contribution in [0.5, 0.6) is 0 Å². The van der Waals surface area contributed by atoms with Crippen molar-refractivity contribution in [2.24, 2.45) is 18.9 Å². The van der Waals surface area contributed by atoms with Crippen LogP contribution in [0.1, 0.15) is 44.4 Å². The largest absolute Gasteiger partial charge is 0.295 e. The van der Waals surface area contributed by atoms with E-state index >= 15 is 0 Å². The van der Waals surface area contributed by atoms with Crippen molar-refractivity contribution in [2.45, 2.75) is 47.5 Å². The lowest BCUT2D eigenvalue weighted by Crippen LogP contribution is -2.26. The second-order valence-electron chi connectivity index (χ2n) is 11.4. The van der Waals surface area contributed by atoms with Crippen LogP contribution in [0, 0.1) is 18.8 Å². The highest BCUT2D eigenvalue weighted by molar-refractivity contribution is 6.13. The molecule has 3 aromatic heterocycles. The highest BCUT2D eigenvalue weighted by atomic mass is 15.5. The van der Waals surface area contributed by atoms with Gasteiger partial charge in [-0.15, -0.1) is 0 Å². The summed E-state index contributed by atoms with van der Waals surface area (Å²) in [6.45, 7) is 11.5. The summed E-state index contributed by atoms with van der Waals surface area (Å²) in [4.78, 5) is 1.69. The van der Waals surface area contributed by atoms with Gasteiger partial charge in [0.1, 0.15) is 11.7 Å². The van der Waals surface area contributed by atoms with E-state index in [0.29, 0.717) is 11.8 Å². The number of aryl methyl sites for hydroxylation is 2. The van der Waals surface area contributed by atoms with Crippen LogP contribution in [0.25, 0.3) is 44.3 Å². The van der Waals surface area contributed by atoms with Gasteiger partial charge in [-0.05, 0) is 66.5 Å². The minimum Gasteiger partial charge on any atom is -0.232 e. The number of rotatable bonds is 6. The van der Waals surface area contributed by atoms with E-state index in [0.717, 1.165) is 18.5 Å². The molecule has 0 radical (unpaired) electrons. The molecule has 0 aliphatic rings. The van der Waals surface area contributed by atoms with E-state index in [1.54, 1.807) is 17.2 Å². The summed E-state index contributed by atoms with van der Waals surface area (Å²) in [6, 6.07) is 20.1. The van der Waals surface area contributed by atoms with E-state index in [-0.39, 0.29) is 0 Å². The van der Waals surface area contributed by atoms with Crippen LogP contribution in [0.4, 0.5) is 0 Å². The Labute approximate surface area is 224 Å². The number of aromatic nitrogens is 5. The fraction of sp³-hybridized carbons (Fsp3) is 0.303. The van der Waals surface area contributed by atoms with Crippen molar-refractivity contribution >= 4 is 27.3 Å². The minimum atomic E-state index is 0.576. The summed E-state index contributed by atoms with van der Waals surface area (Å²) >= 11 is 0. The smallest absolute Gasteiger partial charge is 0.232 e. The Morgan fingerprint density at radius 1 is 0.816 bits per heavy atom. The second kappa shape index (κ2) is 9.39. The highest BCUT2D eigenvalue weighted by Gasteiger charge is 2.27. The van der Waals surface area contributed by atoms with Crippen molar-refractivity contribution < 1.29 is 4.57 Å². The predicted molar refractivity (Wildman–Crippen MR) is 156 cm³/mol. The number of pyridine rings is 1. The van der Waals surface area contributed by atoms with Crippen molar-refractivity contribution in [1.29, 1.82) is 0 Å². The molecule has 0 aliphatic heterocycles. The van der Waals surface area contributed by atoms with Crippen LogP contribution in [0.2, 0.25) is 0 Å². The normalized spacial score (nSPS) is 12.1. The number of fused-ring (bicyclic) bond motifs is 6. The summed E-state index contributed by atoms with van der Waals surface area (Å²) in [7, 11) is 2.19. The SMILES string of the molecule is Cc1cccc2c3cc(-n4nccn4)ccc3n3c(-c4c(CC(C)C)cccc4CC(C)C)c[n+](C)c3c12. The molecule has 5 nitrogen and oxygen atoms in total. The fourth-order valence-corrected chi connectivity index (χ4v) is 6.08. The van der Waals surface area contributed by atoms with Gasteiger partial charge in [0, 0.05) is 16.3 Å². The Hall–Kier alpha value is -3.99. The van der Waals surface area contributed by atoms with E-state index in [4.69, 9.17) is 0 Å². The van der Waals surface area contributed by atoms with Gasteiger partial charge in [-0.1, -0.05) is 64.1 Å². The highest BCUT2D eigenvalue weighted by Crippen LogP contribution is 2.37.